The molecule has 0 bridgehead atoms. The van der Waals surface area contributed by atoms with Crippen molar-refractivity contribution in [1.29, 1.82) is 0 Å². The van der Waals surface area contributed by atoms with Gasteiger partial charge in [0.1, 0.15) is 12.7 Å². The average molecular weight is 598 g/mol. The van der Waals surface area contributed by atoms with Crippen LogP contribution in [-0.2, 0) is 22.5 Å². The molecule has 3 aromatic rings. The standard InChI is InChI=1S/C28H27Cl2F2NO7/c1-35-22-7-5-17(9-25(22)36-2)15-38-28(34)40-24(11-19-20(29)12-33-13-21(19)30)18-6-8-23(39-27(31)32)26(10-18)37-14-16-3-4-16/h5-10,12-13,16,24,27H,3-4,11,14-15H2,1-2H3/t24-/m0/s1. The number of nitrogens with zero attached hydrogens (tertiary/aromatic N) is 1. The van der Waals surface area contributed by atoms with Gasteiger partial charge in [0.25, 0.3) is 0 Å². The fraction of sp³-hybridized carbons (Fsp3) is 0.357. The van der Waals surface area contributed by atoms with Crippen LogP contribution in [0.1, 0.15) is 35.6 Å². The van der Waals surface area contributed by atoms with Gasteiger partial charge < -0.3 is 28.4 Å². The minimum Gasteiger partial charge on any atom is -0.493 e. The van der Waals surface area contributed by atoms with Gasteiger partial charge in [-0.15, -0.1) is 0 Å². The summed E-state index contributed by atoms with van der Waals surface area (Å²) in [6.45, 7) is -2.80. The highest BCUT2D eigenvalue weighted by Gasteiger charge is 2.26. The Morgan fingerprint density at radius 2 is 1.68 bits per heavy atom. The van der Waals surface area contributed by atoms with Crippen LogP contribution >= 0.6 is 23.2 Å². The Morgan fingerprint density at radius 1 is 0.975 bits per heavy atom. The summed E-state index contributed by atoms with van der Waals surface area (Å²) in [5.41, 5.74) is 1.54. The van der Waals surface area contributed by atoms with E-state index in [0.29, 0.717) is 40.7 Å². The number of methoxy groups -OCH3 is 2. The lowest BCUT2D eigenvalue weighted by atomic mass is 10.0. The predicted molar refractivity (Wildman–Crippen MR) is 143 cm³/mol. The van der Waals surface area contributed by atoms with Crippen molar-refractivity contribution in [3.05, 3.63) is 75.5 Å². The third-order valence-electron chi connectivity index (χ3n) is 6.11. The van der Waals surface area contributed by atoms with E-state index in [1.807, 2.05) is 0 Å². The van der Waals surface area contributed by atoms with Gasteiger partial charge in [-0.05, 0) is 59.7 Å². The molecule has 1 aliphatic carbocycles. The van der Waals surface area contributed by atoms with Crippen molar-refractivity contribution in [2.24, 2.45) is 5.92 Å². The van der Waals surface area contributed by atoms with Crippen LogP contribution in [0.25, 0.3) is 0 Å². The molecule has 1 aliphatic rings. The second-order valence-corrected chi connectivity index (χ2v) is 9.77. The number of carbonyl (C=O) groups excluding carboxylic acids is 1. The summed E-state index contributed by atoms with van der Waals surface area (Å²) in [6, 6.07) is 9.40. The molecule has 0 spiro atoms. The number of hydrogen-bond acceptors (Lipinski definition) is 8. The van der Waals surface area contributed by atoms with Gasteiger partial charge >= 0.3 is 12.8 Å². The number of aromatic nitrogens is 1. The molecular formula is C28H27Cl2F2NO7. The highest BCUT2D eigenvalue weighted by Crippen LogP contribution is 2.38. The number of benzene rings is 2. The molecule has 1 saturated carbocycles. The van der Waals surface area contributed by atoms with Crippen molar-refractivity contribution in [3.8, 4) is 23.0 Å². The van der Waals surface area contributed by atoms with E-state index in [0.717, 1.165) is 12.8 Å². The van der Waals surface area contributed by atoms with Gasteiger partial charge in [0, 0.05) is 18.8 Å². The Labute approximate surface area is 240 Å². The first kappa shape index (κ1) is 29.5. The molecule has 2 aromatic carbocycles. The first-order chi connectivity index (χ1) is 19.3. The number of hydrogen-bond donors (Lipinski definition) is 0. The topological polar surface area (TPSA) is 85.3 Å². The number of alkyl halides is 2. The van der Waals surface area contributed by atoms with E-state index in [1.54, 1.807) is 18.2 Å². The maximum absolute atomic E-state index is 13.0. The summed E-state index contributed by atoms with van der Waals surface area (Å²) in [7, 11) is 3.01. The normalized spacial score (nSPS) is 13.5. The van der Waals surface area contributed by atoms with Crippen molar-refractivity contribution in [2.75, 3.05) is 20.8 Å². The van der Waals surface area contributed by atoms with Crippen molar-refractivity contribution < 1.29 is 42.0 Å². The smallest absolute Gasteiger partial charge is 0.493 e. The molecule has 0 amide bonds. The maximum atomic E-state index is 13.0. The predicted octanol–water partition coefficient (Wildman–Crippen LogP) is 7.43. The van der Waals surface area contributed by atoms with E-state index < -0.39 is 18.9 Å². The van der Waals surface area contributed by atoms with E-state index in [-0.39, 0.29) is 34.6 Å². The number of ether oxygens (including phenoxy) is 6. The zero-order chi connectivity index (χ0) is 28.6. The van der Waals surface area contributed by atoms with Crippen molar-refractivity contribution in [2.45, 2.75) is 38.6 Å². The molecule has 12 heteroatoms. The molecule has 40 heavy (non-hydrogen) atoms. The average Bonchev–Trinajstić information content (AvgIpc) is 3.77. The number of rotatable bonds is 13. The molecule has 0 aliphatic heterocycles. The number of carbonyl (C=O) groups is 1. The molecular weight excluding hydrogens is 571 g/mol. The minimum absolute atomic E-state index is 0.0444. The van der Waals surface area contributed by atoms with Crippen LogP contribution in [0.3, 0.4) is 0 Å². The van der Waals surface area contributed by atoms with E-state index in [1.165, 1.54) is 44.8 Å². The highest BCUT2D eigenvalue weighted by atomic mass is 35.5. The van der Waals surface area contributed by atoms with Crippen LogP contribution in [0.4, 0.5) is 13.6 Å². The number of halogens is 4. The maximum Gasteiger partial charge on any atom is 0.509 e. The van der Waals surface area contributed by atoms with Crippen molar-refractivity contribution in [1.82, 2.24) is 4.98 Å². The molecule has 1 fully saturated rings. The molecule has 4 rings (SSSR count). The van der Waals surface area contributed by atoms with Crippen LogP contribution in [0.15, 0.2) is 48.8 Å². The lowest BCUT2D eigenvalue weighted by molar-refractivity contribution is -0.0515. The van der Waals surface area contributed by atoms with Crippen LogP contribution in [-0.4, -0.2) is 38.6 Å². The molecule has 1 aromatic heterocycles. The first-order valence-corrected chi connectivity index (χ1v) is 13.1. The first-order valence-electron chi connectivity index (χ1n) is 12.3. The Hall–Kier alpha value is -3.50. The molecule has 0 unspecified atom stereocenters. The Bertz CT molecular complexity index is 1300. The van der Waals surface area contributed by atoms with Crippen LogP contribution in [0.2, 0.25) is 10.0 Å². The fourth-order valence-corrected chi connectivity index (χ4v) is 4.35. The van der Waals surface area contributed by atoms with Crippen LogP contribution in [0, 0.1) is 5.92 Å². The summed E-state index contributed by atoms with van der Waals surface area (Å²) < 4.78 is 58.0. The second-order valence-electron chi connectivity index (χ2n) is 8.96. The summed E-state index contributed by atoms with van der Waals surface area (Å²) >= 11 is 12.7. The fourth-order valence-electron chi connectivity index (χ4n) is 3.83. The lowest BCUT2D eigenvalue weighted by Crippen LogP contribution is -2.16. The van der Waals surface area contributed by atoms with Gasteiger partial charge in [-0.1, -0.05) is 35.3 Å². The third kappa shape index (κ3) is 8.02. The summed E-state index contributed by atoms with van der Waals surface area (Å²) in [6.07, 6.45) is 2.93. The van der Waals surface area contributed by atoms with Gasteiger partial charge in [-0.2, -0.15) is 8.78 Å². The summed E-state index contributed by atoms with van der Waals surface area (Å²) in [5, 5.41) is 0.533. The SMILES string of the molecule is COc1ccc(COC(=O)O[C@@H](Cc2c(Cl)cncc2Cl)c2ccc(OC(F)F)c(OCC3CC3)c2)cc1OC. The van der Waals surface area contributed by atoms with Gasteiger partial charge in [0.05, 0.1) is 30.9 Å². The van der Waals surface area contributed by atoms with Crippen LogP contribution in [0.5, 0.6) is 23.0 Å². The third-order valence-corrected chi connectivity index (χ3v) is 6.76. The van der Waals surface area contributed by atoms with Crippen molar-refractivity contribution >= 4 is 29.4 Å². The molecule has 1 heterocycles. The largest absolute Gasteiger partial charge is 0.509 e. The molecule has 8 nitrogen and oxygen atoms in total. The minimum atomic E-state index is -3.04. The lowest BCUT2D eigenvalue weighted by Gasteiger charge is -2.21. The summed E-state index contributed by atoms with van der Waals surface area (Å²) in [4.78, 5) is 16.8. The van der Waals surface area contributed by atoms with Gasteiger partial charge in [0.2, 0.25) is 0 Å². The van der Waals surface area contributed by atoms with Gasteiger partial charge in [-0.3, -0.25) is 4.98 Å². The van der Waals surface area contributed by atoms with E-state index in [9.17, 15) is 13.6 Å². The zero-order valence-electron chi connectivity index (χ0n) is 21.7. The molecule has 0 radical (unpaired) electrons. The quantitative estimate of drug-likeness (QED) is 0.188. The number of pyridine rings is 1. The molecule has 1 atom stereocenters. The van der Waals surface area contributed by atoms with Crippen LogP contribution < -0.4 is 18.9 Å². The highest BCUT2D eigenvalue weighted by molar-refractivity contribution is 6.35. The molecule has 214 valence electrons. The summed E-state index contributed by atoms with van der Waals surface area (Å²) in [5.74, 6) is 1.33. The monoisotopic (exact) mass is 597 g/mol. The molecule has 0 saturated heterocycles. The van der Waals surface area contributed by atoms with E-state index in [4.69, 9.17) is 46.9 Å². The van der Waals surface area contributed by atoms with Gasteiger partial charge in [-0.25, -0.2) is 4.79 Å². The Balaban J connectivity index is 1.56. The van der Waals surface area contributed by atoms with E-state index >= 15 is 0 Å². The second kappa shape index (κ2) is 13.7. The Morgan fingerprint density at radius 3 is 2.33 bits per heavy atom. The Kier molecular flexibility index (Phi) is 10.1. The molecule has 0 N–H and O–H groups in total. The van der Waals surface area contributed by atoms with Gasteiger partial charge in [0.15, 0.2) is 23.0 Å². The zero-order valence-corrected chi connectivity index (χ0v) is 23.2. The van der Waals surface area contributed by atoms with Crippen molar-refractivity contribution in [3.63, 3.8) is 0 Å². The van der Waals surface area contributed by atoms with E-state index in [2.05, 4.69) is 9.72 Å².